The number of hydrogen-bond donors (Lipinski definition) is 0. The van der Waals surface area contributed by atoms with Crippen LogP contribution in [-0.4, -0.2) is 0 Å². The van der Waals surface area contributed by atoms with Crippen LogP contribution in [-0.2, 0) is 6.42 Å². The van der Waals surface area contributed by atoms with Gasteiger partial charge in [-0.15, -0.1) is 0 Å². The molecule has 0 N–H and O–H groups in total. The Balaban J connectivity index is 1.22. The summed E-state index contributed by atoms with van der Waals surface area (Å²) in [6, 6.07) is 16.2. The number of unbranched alkanes of at least 4 members (excludes halogenated alkanes) is 3. The molecule has 0 aromatic heterocycles. The van der Waals surface area contributed by atoms with Crippen molar-refractivity contribution in [1.82, 2.24) is 0 Å². The molecule has 0 spiro atoms. The van der Waals surface area contributed by atoms with Gasteiger partial charge in [-0.05, 0) is 103 Å². The zero-order chi connectivity index (χ0) is 28.1. The predicted molar refractivity (Wildman–Crippen MR) is 161 cm³/mol. The molecular formula is C37H45F3. The molecule has 0 bridgehead atoms. The Morgan fingerprint density at radius 2 is 1.23 bits per heavy atom. The zero-order valence-corrected chi connectivity index (χ0v) is 24.3. The molecule has 2 aliphatic rings. The number of rotatable bonds is 9. The van der Waals surface area contributed by atoms with E-state index in [0.717, 1.165) is 67.4 Å². The van der Waals surface area contributed by atoms with E-state index in [1.54, 1.807) is 42.5 Å². The van der Waals surface area contributed by atoms with Gasteiger partial charge in [-0.25, -0.2) is 13.2 Å². The Labute approximate surface area is 239 Å². The van der Waals surface area contributed by atoms with Crippen molar-refractivity contribution in [3.05, 3.63) is 83.2 Å². The van der Waals surface area contributed by atoms with Crippen molar-refractivity contribution in [2.75, 3.05) is 0 Å². The largest absolute Gasteiger partial charge is 0.206 e. The minimum atomic E-state index is -0.802. The van der Waals surface area contributed by atoms with Gasteiger partial charge >= 0.3 is 0 Å². The fraction of sp³-hybridized carbons (Fsp3) is 0.514. The lowest BCUT2D eigenvalue weighted by molar-refractivity contribution is 0.165. The topological polar surface area (TPSA) is 0 Å². The third kappa shape index (κ3) is 6.67. The van der Waals surface area contributed by atoms with Crippen molar-refractivity contribution in [3.63, 3.8) is 0 Å². The second-order valence-corrected chi connectivity index (χ2v) is 12.7. The van der Waals surface area contributed by atoms with Crippen molar-refractivity contribution in [1.29, 1.82) is 0 Å². The molecule has 0 atom stereocenters. The Morgan fingerprint density at radius 1 is 0.625 bits per heavy atom. The number of hydrogen-bond acceptors (Lipinski definition) is 0. The smallest absolute Gasteiger partial charge is 0.166 e. The molecule has 2 saturated carbocycles. The highest BCUT2D eigenvalue weighted by Gasteiger charge is 2.30. The second kappa shape index (κ2) is 13.4. The molecular weight excluding hydrogens is 501 g/mol. The van der Waals surface area contributed by atoms with Gasteiger partial charge in [0.05, 0.1) is 0 Å². The SMILES string of the molecule is CCCCCCc1ccc(-c2ccc(-c3ccc(C4CCC(C5CCC(C)CC5)CC4)cc3F)cc2)c(F)c1F. The van der Waals surface area contributed by atoms with E-state index in [0.29, 0.717) is 29.0 Å². The molecule has 0 saturated heterocycles. The van der Waals surface area contributed by atoms with E-state index in [9.17, 15) is 8.78 Å². The van der Waals surface area contributed by atoms with E-state index in [4.69, 9.17) is 0 Å². The molecule has 2 fully saturated rings. The highest BCUT2D eigenvalue weighted by atomic mass is 19.2. The van der Waals surface area contributed by atoms with Gasteiger partial charge in [0.2, 0.25) is 0 Å². The third-order valence-corrected chi connectivity index (χ3v) is 9.93. The van der Waals surface area contributed by atoms with Gasteiger partial charge in [0.25, 0.3) is 0 Å². The second-order valence-electron chi connectivity index (χ2n) is 12.7. The maximum absolute atomic E-state index is 15.3. The van der Waals surface area contributed by atoms with Crippen LogP contribution in [0.1, 0.15) is 108 Å². The van der Waals surface area contributed by atoms with Crippen LogP contribution < -0.4 is 0 Å². The van der Waals surface area contributed by atoms with Crippen molar-refractivity contribution in [3.8, 4) is 22.3 Å². The number of aryl methyl sites for hydroxylation is 1. The molecule has 0 unspecified atom stereocenters. The van der Waals surface area contributed by atoms with Crippen LogP contribution in [0.4, 0.5) is 13.2 Å². The summed E-state index contributed by atoms with van der Waals surface area (Å²) in [6.07, 6.45) is 15.1. The molecule has 3 aromatic rings. The van der Waals surface area contributed by atoms with Crippen molar-refractivity contribution in [2.45, 2.75) is 103 Å². The van der Waals surface area contributed by atoms with Crippen LogP contribution in [0.15, 0.2) is 54.6 Å². The molecule has 0 aliphatic heterocycles. The first-order valence-corrected chi connectivity index (χ1v) is 15.8. The van der Waals surface area contributed by atoms with Gasteiger partial charge in [0, 0.05) is 11.1 Å². The minimum Gasteiger partial charge on any atom is -0.206 e. The lowest BCUT2D eigenvalue weighted by atomic mass is 9.68. The lowest BCUT2D eigenvalue weighted by Gasteiger charge is -2.37. The first-order chi connectivity index (χ1) is 19.4. The first-order valence-electron chi connectivity index (χ1n) is 15.8. The van der Waals surface area contributed by atoms with Crippen LogP contribution >= 0.6 is 0 Å². The van der Waals surface area contributed by atoms with Crippen LogP contribution in [0.3, 0.4) is 0 Å². The van der Waals surface area contributed by atoms with E-state index in [2.05, 4.69) is 19.9 Å². The summed E-state index contributed by atoms with van der Waals surface area (Å²) in [6.45, 7) is 4.52. The molecule has 0 nitrogen and oxygen atoms in total. The van der Waals surface area contributed by atoms with E-state index in [-0.39, 0.29) is 11.4 Å². The summed E-state index contributed by atoms with van der Waals surface area (Å²) >= 11 is 0. The Morgan fingerprint density at radius 3 is 1.85 bits per heavy atom. The monoisotopic (exact) mass is 546 g/mol. The number of halogens is 3. The summed E-state index contributed by atoms with van der Waals surface area (Å²) in [5.74, 6) is 1.33. The molecule has 214 valence electrons. The molecule has 0 amide bonds. The van der Waals surface area contributed by atoms with Gasteiger partial charge < -0.3 is 0 Å². The fourth-order valence-corrected chi connectivity index (χ4v) is 7.28. The van der Waals surface area contributed by atoms with E-state index in [1.807, 2.05) is 6.07 Å². The summed E-state index contributed by atoms with van der Waals surface area (Å²) in [7, 11) is 0. The molecule has 5 rings (SSSR count). The van der Waals surface area contributed by atoms with Crippen LogP contribution in [0.25, 0.3) is 22.3 Å². The van der Waals surface area contributed by atoms with E-state index >= 15 is 4.39 Å². The minimum absolute atomic E-state index is 0.210. The number of benzene rings is 3. The highest BCUT2D eigenvalue weighted by molar-refractivity contribution is 5.71. The third-order valence-electron chi connectivity index (χ3n) is 9.93. The maximum Gasteiger partial charge on any atom is 0.166 e. The molecule has 0 heterocycles. The van der Waals surface area contributed by atoms with Gasteiger partial charge in [-0.2, -0.15) is 0 Å². The van der Waals surface area contributed by atoms with Gasteiger partial charge in [0.1, 0.15) is 5.82 Å². The van der Waals surface area contributed by atoms with E-state index in [1.165, 1.54) is 38.5 Å². The Hall–Kier alpha value is -2.55. The quantitative estimate of drug-likeness (QED) is 0.234. The Bertz CT molecular complexity index is 1250. The summed E-state index contributed by atoms with van der Waals surface area (Å²) in [5, 5.41) is 0. The van der Waals surface area contributed by atoms with Crippen LogP contribution in [0.5, 0.6) is 0 Å². The highest BCUT2D eigenvalue weighted by Crippen LogP contribution is 2.44. The normalized spacial score (nSPS) is 23.3. The average molecular weight is 547 g/mol. The molecule has 2 aliphatic carbocycles. The molecule has 3 heteroatoms. The molecule has 0 radical (unpaired) electrons. The fourth-order valence-electron chi connectivity index (χ4n) is 7.28. The van der Waals surface area contributed by atoms with E-state index < -0.39 is 11.6 Å². The van der Waals surface area contributed by atoms with Crippen molar-refractivity contribution < 1.29 is 13.2 Å². The lowest BCUT2D eigenvalue weighted by Crippen LogP contribution is -2.24. The summed E-state index contributed by atoms with van der Waals surface area (Å²) in [5.41, 5.74) is 3.69. The zero-order valence-electron chi connectivity index (χ0n) is 24.3. The van der Waals surface area contributed by atoms with Gasteiger partial charge in [-0.1, -0.05) is 94.5 Å². The average Bonchev–Trinajstić information content (AvgIpc) is 2.98. The van der Waals surface area contributed by atoms with Crippen LogP contribution in [0.2, 0.25) is 0 Å². The van der Waals surface area contributed by atoms with Crippen molar-refractivity contribution in [2.24, 2.45) is 17.8 Å². The Kier molecular flexibility index (Phi) is 9.71. The summed E-state index contributed by atoms with van der Waals surface area (Å²) in [4.78, 5) is 0. The first kappa shape index (κ1) is 29.0. The summed E-state index contributed by atoms with van der Waals surface area (Å²) < 4.78 is 45.0. The standard InChI is InChI=1S/C37H45F3/c1-3-4-5-6-7-31-20-23-34(37(40)36(31)39)30-18-16-29(17-19-30)33-22-21-32(24-35(33)38)28-14-12-27(13-15-28)26-10-8-25(2)9-11-26/h16-28H,3-15H2,1-2H3. The maximum atomic E-state index is 15.3. The van der Waals surface area contributed by atoms with Gasteiger partial charge in [0.15, 0.2) is 11.6 Å². The molecule has 3 aromatic carbocycles. The van der Waals surface area contributed by atoms with Crippen molar-refractivity contribution >= 4 is 0 Å². The van der Waals surface area contributed by atoms with Crippen LogP contribution in [0, 0.1) is 35.2 Å². The van der Waals surface area contributed by atoms with Gasteiger partial charge in [-0.3, -0.25) is 0 Å². The molecule has 40 heavy (non-hydrogen) atoms. The predicted octanol–water partition coefficient (Wildman–Crippen LogP) is 11.7.